The first-order valence-corrected chi connectivity index (χ1v) is 9.55. The molecule has 3 heterocycles. The minimum absolute atomic E-state index is 0.123. The van der Waals surface area contributed by atoms with Crippen molar-refractivity contribution in [1.82, 2.24) is 0 Å². The maximum Gasteiger partial charge on any atom is 0.238 e. The Kier molecular flexibility index (Phi) is 5.56. The molecule has 0 radical (unpaired) electrons. The van der Waals surface area contributed by atoms with Crippen molar-refractivity contribution < 1.29 is 18.0 Å². The summed E-state index contributed by atoms with van der Waals surface area (Å²) in [6.07, 6.45) is 9.88. The Labute approximate surface area is 180 Å². The molecule has 146 valence electrons. The lowest BCUT2D eigenvalue weighted by Gasteiger charge is -2.06. The number of halogens is 1. The minimum atomic E-state index is 0.123. The summed E-state index contributed by atoms with van der Waals surface area (Å²) in [7, 11) is 0. The molecule has 0 aliphatic carbocycles. The van der Waals surface area contributed by atoms with Gasteiger partial charge in [-0.1, -0.05) is 21.9 Å². The van der Waals surface area contributed by atoms with E-state index in [4.69, 9.17) is 24.4 Å². The van der Waals surface area contributed by atoms with Crippen molar-refractivity contribution in [1.29, 1.82) is 5.26 Å². The zero-order valence-corrected chi connectivity index (χ0v) is 17.0. The van der Waals surface area contributed by atoms with Crippen molar-refractivity contribution in [2.75, 3.05) is 6.61 Å². The van der Waals surface area contributed by atoms with Crippen LogP contribution in [0.1, 0.15) is 11.1 Å². The molecular formula is C23H13BrN2O4. The smallest absolute Gasteiger partial charge is 0.238 e. The van der Waals surface area contributed by atoms with Gasteiger partial charge in [-0.2, -0.15) is 5.26 Å². The van der Waals surface area contributed by atoms with E-state index >= 15 is 0 Å². The predicted octanol–water partition coefficient (Wildman–Crippen LogP) is 6.20. The lowest BCUT2D eigenvalue weighted by atomic mass is 10.1. The fourth-order valence-electron chi connectivity index (χ4n) is 2.85. The van der Waals surface area contributed by atoms with E-state index in [2.05, 4.69) is 32.9 Å². The first-order valence-electron chi connectivity index (χ1n) is 8.75. The number of terminal acetylenes is 1. The fraction of sp³-hybridized carbons (Fsp3) is 0.0435. The average Bonchev–Trinajstić information content (AvgIpc) is 3.51. The van der Waals surface area contributed by atoms with Crippen molar-refractivity contribution in [2.24, 2.45) is 4.99 Å². The first kappa shape index (κ1) is 19.4. The molecule has 0 N–H and O–H groups in total. The van der Waals surface area contributed by atoms with Gasteiger partial charge in [0.1, 0.15) is 29.7 Å². The van der Waals surface area contributed by atoms with E-state index < -0.39 is 0 Å². The van der Waals surface area contributed by atoms with Crippen LogP contribution < -0.4 is 4.74 Å². The number of hydrogen-bond donors (Lipinski definition) is 0. The minimum Gasteiger partial charge on any atom is -0.480 e. The van der Waals surface area contributed by atoms with Crippen LogP contribution in [0.5, 0.6) is 5.75 Å². The standard InChI is InChI=1S/C23H13BrN2O4/c1-2-9-27-18-8-7-16(24)12-15(18)14-26-23-17(13-25)21(19-5-3-10-28-19)22(30-23)20-6-4-11-29-20/h1,3-8,10-12,14H,9H2. The van der Waals surface area contributed by atoms with E-state index in [1.807, 2.05) is 12.1 Å². The van der Waals surface area contributed by atoms with Crippen molar-refractivity contribution in [3.8, 4) is 47.0 Å². The highest BCUT2D eigenvalue weighted by Crippen LogP contribution is 2.42. The van der Waals surface area contributed by atoms with Gasteiger partial charge in [-0.05, 0) is 42.5 Å². The molecule has 0 aliphatic rings. The monoisotopic (exact) mass is 460 g/mol. The molecule has 0 amide bonds. The number of rotatable bonds is 6. The SMILES string of the molecule is C#CCOc1ccc(Br)cc1C=Nc1oc(-c2ccco2)c(-c2ccco2)c1C#N. The van der Waals surface area contributed by atoms with Crippen LogP contribution in [0.15, 0.2) is 77.7 Å². The third kappa shape index (κ3) is 3.80. The Balaban J connectivity index is 1.82. The number of nitrogens with zero attached hydrogens (tertiary/aromatic N) is 2. The summed E-state index contributed by atoms with van der Waals surface area (Å²) in [4.78, 5) is 4.41. The van der Waals surface area contributed by atoms with E-state index in [1.165, 1.54) is 12.5 Å². The van der Waals surface area contributed by atoms with E-state index in [9.17, 15) is 5.26 Å². The Bertz CT molecular complexity index is 1270. The summed E-state index contributed by atoms with van der Waals surface area (Å²) in [5.74, 6) is 4.40. The molecule has 0 aliphatic heterocycles. The quantitative estimate of drug-likeness (QED) is 0.252. The molecule has 4 rings (SSSR count). The van der Waals surface area contributed by atoms with Crippen LogP contribution in [-0.2, 0) is 0 Å². The molecule has 0 unspecified atom stereocenters. The molecule has 0 saturated heterocycles. The number of furan rings is 3. The summed E-state index contributed by atoms with van der Waals surface area (Å²) in [6.45, 7) is 0.123. The molecule has 0 fully saturated rings. The van der Waals surface area contributed by atoms with Crippen LogP contribution in [-0.4, -0.2) is 12.8 Å². The van der Waals surface area contributed by atoms with E-state index in [-0.39, 0.29) is 18.1 Å². The molecular weight excluding hydrogens is 448 g/mol. The van der Waals surface area contributed by atoms with Gasteiger partial charge >= 0.3 is 0 Å². The number of hydrogen-bond acceptors (Lipinski definition) is 6. The van der Waals surface area contributed by atoms with Crippen LogP contribution in [0.2, 0.25) is 0 Å². The molecule has 0 saturated carbocycles. The van der Waals surface area contributed by atoms with Crippen molar-refractivity contribution in [2.45, 2.75) is 0 Å². The summed E-state index contributed by atoms with van der Waals surface area (Å²) >= 11 is 3.43. The average molecular weight is 461 g/mol. The Morgan fingerprint density at radius 3 is 2.57 bits per heavy atom. The normalized spacial score (nSPS) is 10.8. The number of nitriles is 1. The molecule has 30 heavy (non-hydrogen) atoms. The van der Waals surface area contributed by atoms with E-state index in [0.717, 1.165) is 4.47 Å². The van der Waals surface area contributed by atoms with Gasteiger partial charge in [-0.25, -0.2) is 4.99 Å². The van der Waals surface area contributed by atoms with Gasteiger partial charge in [0.25, 0.3) is 0 Å². The van der Waals surface area contributed by atoms with E-state index in [0.29, 0.717) is 34.2 Å². The second kappa shape index (κ2) is 8.60. The van der Waals surface area contributed by atoms with Gasteiger partial charge in [0.05, 0.1) is 18.1 Å². The van der Waals surface area contributed by atoms with Gasteiger partial charge < -0.3 is 18.0 Å². The topological polar surface area (TPSA) is 84.8 Å². The van der Waals surface area contributed by atoms with Crippen LogP contribution in [0, 0.1) is 23.7 Å². The maximum atomic E-state index is 9.81. The second-order valence-electron chi connectivity index (χ2n) is 5.99. The summed E-state index contributed by atoms with van der Waals surface area (Å²) in [5.41, 5.74) is 1.37. The van der Waals surface area contributed by atoms with Crippen molar-refractivity contribution >= 4 is 28.0 Å². The molecule has 4 aromatic rings. The molecule has 7 heteroatoms. The van der Waals surface area contributed by atoms with Gasteiger partial charge in [-0.3, -0.25) is 0 Å². The lowest BCUT2D eigenvalue weighted by molar-refractivity contribution is 0.370. The molecule has 1 aromatic carbocycles. The Hall–Kier alpha value is -3.94. The third-order valence-corrected chi connectivity index (χ3v) is 4.61. The summed E-state index contributed by atoms with van der Waals surface area (Å²) in [6, 6.07) is 14.5. The van der Waals surface area contributed by atoms with E-state index in [1.54, 1.807) is 36.5 Å². The van der Waals surface area contributed by atoms with Crippen LogP contribution in [0.4, 0.5) is 5.88 Å². The number of aliphatic imine (C=N–C) groups is 1. The molecule has 0 bridgehead atoms. The van der Waals surface area contributed by atoms with Crippen molar-refractivity contribution in [3.63, 3.8) is 0 Å². The summed E-state index contributed by atoms with van der Waals surface area (Å²) in [5, 5.41) is 9.81. The highest BCUT2D eigenvalue weighted by atomic mass is 79.9. The molecule has 3 aromatic heterocycles. The van der Waals surface area contributed by atoms with Crippen LogP contribution >= 0.6 is 15.9 Å². The molecule has 6 nitrogen and oxygen atoms in total. The molecule has 0 spiro atoms. The second-order valence-corrected chi connectivity index (χ2v) is 6.90. The highest BCUT2D eigenvalue weighted by Gasteiger charge is 2.26. The lowest BCUT2D eigenvalue weighted by Crippen LogP contribution is -1.97. The van der Waals surface area contributed by atoms with Gasteiger partial charge in [-0.15, -0.1) is 6.42 Å². The first-order chi connectivity index (χ1) is 14.7. The van der Waals surface area contributed by atoms with Crippen LogP contribution in [0.3, 0.4) is 0 Å². The zero-order chi connectivity index (χ0) is 20.9. The predicted molar refractivity (Wildman–Crippen MR) is 115 cm³/mol. The van der Waals surface area contributed by atoms with Gasteiger partial charge in [0.15, 0.2) is 11.5 Å². The highest BCUT2D eigenvalue weighted by molar-refractivity contribution is 9.10. The maximum absolute atomic E-state index is 9.81. The third-order valence-electron chi connectivity index (χ3n) is 4.12. The van der Waals surface area contributed by atoms with Gasteiger partial charge in [0, 0.05) is 16.3 Å². The van der Waals surface area contributed by atoms with Crippen molar-refractivity contribution in [3.05, 3.63) is 70.6 Å². The Morgan fingerprint density at radius 1 is 1.13 bits per heavy atom. The Morgan fingerprint density at radius 2 is 1.90 bits per heavy atom. The zero-order valence-electron chi connectivity index (χ0n) is 15.5. The fourth-order valence-corrected chi connectivity index (χ4v) is 3.23. The van der Waals surface area contributed by atoms with Crippen LogP contribution in [0.25, 0.3) is 22.8 Å². The largest absolute Gasteiger partial charge is 0.480 e. The number of benzene rings is 1. The molecule has 0 atom stereocenters. The number of ether oxygens (including phenoxy) is 1. The summed E-state index contributed by atoms with van der Waals surface area (Å²) < 4.78 is 23.3. The van der Waals surface area contributed by atoms with Gasteiger partial charge in [0.2, 0.25) is 5.88 Å².